The van der Waals surface area contributed by atoms with Gasteiger partial charge in [0.1, 0.15) is 0 Å². The summed E-state index contributed by atoms with van der Waals surface area (Å²) in [6, 6.07) is 4.79. The lowest BCUT2D eigenvalue weighted by Gasteiger charge is -2.05. The molecule has 0 spiro atoms. The van der Waals surface area contributed by atoms with Gasteiger partial charge in [0.25, 0.3) is 5.91 Å². The molecule has 1 aromatic rings. The van der Waals surface area contributed by atoms with Gasteiger partial charge in [0.15, 0.2) is 0 Å². The lowest BCUT2D eigenvalue weighted by atomic mass is 10.1. The minimum atomic E-state index is -3.57. The maximum Gasteiger partial charge on any atom is 0.253 e. The number of carbonyl (C=O) groups is 1. The van der Waals surface area contributed by atoms with E-state index in [9.17, 15) is 13.2 Å². The summed E-state index contributed by atoms with van der Waals surface area (Å²) in [5.41, 5.74) is 0.975. The predicted octanol–water partition coefficient (Wildman–Crippen LogP) is -0.162. The number of carbonyl (C=O) groups excluding carboxylic acids is 1. The average Bonchev–Trinajstić information content (AvgIpc) is 2.60. The van der Waals surface area contributed by atoms with E-state index in [-0.39, 0.29) is 16.4 Å². The van der Waals surface area contributed by atoms with E-state index in [0.29, 0.717) is 6.54 Å². The molecule has 1 amide bonds. The summed E-state index contributed by atoms with van der Waals surface area (Å²) in [7, 11) is -2.25. The molecule has 0 saturated carbocycles. The highest BCUT2D eigenvalue weighted by atomic mass is 32.2. The quantitative estimate of drug-likeness (QED) is 0.735. The number of sulfonamides is 1. The average molecular weight is 226 g/mol. The Morgan fingerprint density at radius 1 is 1.40 bits per heavy atom. The summed E-state index contributed by atoms with van der Waals surface area (Å²) in [4.78, 5) is 11.5. The Morgan fingerprint density at radius 3 is 2.80 bits per heavy atom. The van der Waals surface area contributed by atoms with Gasteiger partial charge in [-0.25, -0.2) is 13.1 Å². The fourth-order valence-electron chi connectivity index (χ4n) is 1.58. The van der Waals surface area contributed by atoms with E-state index in [1.165, 1.54) is 13.1 Å². The lowest BCUT2D eigenvalue weighted by Crippen LogP contribution is -2.22. The van der Waals surface area contributed by atoms with Gasteiger partial charge in [-0.3, -0.25) is 4.79 Å². The van der Waals surface area contributed by atoms with E-state index in [1.54, 1.807) is 12.1 Å². The van der Waals surface area contributed by atoms with Crippen LogP contribution in [0.5, 0.6) is 0 Å². The van der Waals surface area contributed by atoms with Crippen molar-refractivity contribution in [1.29, 1.82) is 0 Å². The Labute approximate surface area is 87.5 Å². The molecular formula is C9H10N2O3S. The molecule has 0 saturated heterocycles. The van der Waals surface area contributed by atoms with Crippen LogP contribution in [-0.4, -0.2) is 21.4 Å². The molecule has 2 N–H and O–H groups in total. The van der Waals surface area contributed by atoms with Gasteiger partial charge in [0.2, 0.25) is 10.0 Å². The topological polar surface area (TPSA) is 75.3 Å². The van der Waals surface area contributed by atoms with Crippen LogP contribution in [0.25, 0.3) is 0 Å². The van der Waals surface area contributed by atoms with Crippen LogP contribution < -0.4 is 10.0 Å². The van der Waals surface area contributed by atoms with E-state index in [4.69, 9.17) is 0 Å². The Hall–Kier alpha value is -1.40. The van der Waals surface area contributed by atoms with Crippen molar-refractivity contribution in [3.8, 4) is 0 Å². The summed E-state index contributed by atoms with van der Waals surface area (Å²) in [5, 5.41) is 2.59. The van der Waals surface area contributed by atoms with E-state index in [0.717, 1.165) is 5.56 Å². The monoisotopic (exact) mass is 226 g/mol. The summed E-state index contributed by atoms with van der Waals surface area (Å²) < 4.78 is 25.4. The number of fused-ring (bicyclic) bond motifs is 1. The van der Waals surface area contributed by atoms with Crippen molar-refractivity contribution in [3.63, 3.8) is 0 Å². The van der Waals surface area contributed by atoms with Gasteiger partial charge in [-0.05, 0) is 18.7 Å². The molecule has 2 rings (SSSR count). The zero-order valence-corrected chi connectivity index (χ0v) is 8.89. The summed E-state index contributed by atoms with van der Waals surface area (Å²) in [6.45, 7) is 0.390. The van der Waals surface area contributed by atoms with Crippen LogP contribution in [0.2, 0.25) is 0 Å². The first kappa shape index (κ1) is 10.1. The number of amides is 1. The highest BCUT2D eigenvalue weighted by molar-refractivity contribution is 7.89. The van der Waals surface area contributed by atoms with Gasteiger partial charge >= 0.3 is 0 Å². The highest BCUT2D eigenvalue weighted by Crippen LogP contribution is 2.23. The first-order chi connectivity index (χ1) is 7.06. The van der Waals surface area contributed by atoms with Crippen LogP contribution in [0.1, 0.15) is 15.9 Å². The zero-order chi connectivity index (χ0) is 11.1. The van der Waals surface area contributed by atoms with Gasteiger partial charge in [0, 0.05) is 6.54 Å². The van der Waals surface area contributed by atoms with Crippen LogP contribution in [0.3, 0.4) is 0 Å². The van der Waals surface area contributed by atoms with Crippen LogP contribution in [-0.2, 0) is 16.6 Å². The normalized spacial score (nSPS) is 14.9. The number of hydrogen-bond donors (Lipinski definition) is 2. The fraction of sp³-hybridized carbons (Fsp3) is 0.222. The van der Waals surface area contributed by atoms with Crippen molar-refractivity contribution in [2.75, 3.05) is 7.05 Å². The Balaban J connectivity index is 2.70. The van der Waals surface area contributed by atoms with E-state index in [2.05, 4.69) is 10.0 Å². The predicted molar refractivity (Wildman–Crippen MR) is 53.9 cm³/mol. The highest BCUT2D eigenvalue weighted by Gasteiger charge is 2.27. The second kappa shape index (κ2) is 3.32. The number of benzene rings is 1. The molecule has 1 aliphatic heterocycles. The molecule has 15 heavy (non-hydrogen) atoms. The largest absolute Gasteiger partial charge is 0.348 e. The van der Waals surface area contributed by atoms with Gasteiger partial charge in [-0.15, -0.1) is 0 Å². The summed E-state index contributed by atoms with van der Waals surface area (Å²) in [6.07, 6.45) is 0. The third kappa shape index (κ3) is 1.51. The SMILES string of the molecule is CNS(=O)(=O)c1cccc2c1C(=O)NC2. The third-order valence-corrected chi connectivity index (χ3v) is 3.79. The Morgan fingerprint density at radius 2 is 2.13 bits per heavy atom. The number of nitrogens with one attached hydrogen (secondary N) is 2. The summed E-state index contributed by atoms with van der Waals surface area (Å²) >= 11 is 0. The molecule has 0 radical (unpaired) electrons. The van der Waals surface area contributed by atoms with Gasteiger partial charge in [-0.2, -0.15) is 0 Å². The van der Waals surface area contributed by atoms with Crippen LogP contribution >= 0.6 is 0 Å². The van der Waals surface area contributed by atoms with Crippen LogP contribution in [0.15, 0.2) is 23.1 Å². The van der Waals surface area contributed by atoms with Crippen molar-refractivity contribution in [3.05, 3.63) is 29.3 Å². The maximum absolute atomic E-state index is 11.6. The van der Waals surface area contributed by atoms with Gasteiger partial charge < -0.3 is 5.32 Å². The molecule has 5 nitrogen and oxygen atoms in total. The van der Waals surface area contributed by atoms with Gasteiger partial charge in [0.05, 0.1) is 10.5 Å². The maximum atomic E-state index is 11.6. The lowest BCUT2D eigenvalue weighted by molar-refractivity contribution is 0.0963. The molecular weight excluding hydrogens is 216 g/mol. The minimum Gasteiger partial charge on any atom is -0.348 e. The molecule has 1 aliphatic rings. The van der Waals surface area contributed by atoms with Crippen molar-refractivity contribution in [1.82, 2.24) is 10.0 Å². The molecule has 80 valence electrons. The second-order valence-electron chi connectivity index (χ2n) is 3.18. The molecule has 1 heterocycles. The smallest absolute Gasteiger partial charge is 0.253 e. The summed E-state index contributed by atoms with van der Waals surface area (Å²) in [5.74, 6) is -0.334. The van der Waals surface area contributed by atoms with Crippen LogP contribution in [0.4, 0.5) is 0 Å². The van der Waals surface area contributed by atoms with E-state index in [1.807, 2.05) is 0 Å². The van der Waals surface area contributed by atoms with Crippen molar-refractivity contribution < 1.29 is 13.2 Å². The number of rotatable bonds is 2. The van der Waals surface area contributed by atoms with Crippen LogP contribution in [0, 0.1) is 0 Å². The Kier molecular flexibility index (Phi) is 2.24. The molecule has 1 aromatic carbocycles. The van der Waals surface area contributed by atoms with E-state index >= 15 is 0 Å². The molecule has 0 aromatic heterocycles. The molecule has 0 unspecified atom stereocenters. The fourth-order valence-corrected chi connectivity index (χ4v) is 2.55. The van der Waals surface area contributed by atoms with Crippen molar-refractivity contribution in [2.45, 2.75) is 11.4 Å². The number of hydrogen-bond acceptors (Lipinski definition) is 3. The standard InChI is InChI=1S/C9H10N2O3S/c1-10-15(13,14)7-4-2-3-6-5-11-9(12)8(6)7/h2-4,10H,5H2,1H3,(H,11,12). The third-order valence-electron chi connectivity index (χ3n) is 2.34. The van der Waals surface area contributed by atoms with Gasteiger partial charge in [-0.1, -0.05) is 12.1 Å². The van der Waals surface area contributed by atoms with E-state index < -0.39 is 10.0 Å². The van der Waals surface area contributed by atoms with Crippen molar-refractivity contribution in [2.24, 2.45) is 0 Å². The Bertz CT molecular complexity index is 522. The second-order valence-corrected chi connectivity index (χ2v) is 5.04. The van der Waals surface area contributed by atoms with Crippen molar-refractivity contribution >= 4 is 15.9 Å². The molecule has 6 heteroatoms. The first-order valence-corrected chi connectivity index (χ1v) is 5.88. The minimum absolute atomic E-state index is 0.0394. The zero-order valence-electron chi connectivity index (χ0n) is 8.07. The molecule has 0 fully saturated rings. The molecule has 0 aliphatic carbocycles. The molecule has 0 atom stereocenters. The molecule has 0 bridgehead atoms. The first-order valence-electron chi connectivity index (χ1n) is 4.40.